The summed E-state index contributed by atoms with van der Waals surface area (Å²) >= 11 is 0. The zero-order chi connectivity index (χ0) is 20.0. The van der Waals surface area contributed by atoms with Gasteiger partial charge in [0.25, 0.3) is 0 Å². The number of nitrogens with two attached hydrogens (primary N) is 1. The van der Waals surface area contributed by atoms with Gasteiger partial charge >= 0.3 is 12.1 Å². The minimum atomic E-state index is -1.10. The van der Waals surface area contributed by atoms with Crippen molar-refractivity contribution < 1.29 is 14.3 Å². The summed E-state index contributed by atoms with van der Waals surface area (Å²) in [6.07, 6.45) is 7.53. The number of primary amides is 1. The quantitative estimate of drug-likeness (QED) is 0.632. The Morgan fingerprint density at radius 3 is 2.48 bits per heavy atom. The second kappa shape index (κ2) is 7.44. The summed E-state index contributed by atoms with van der Waals surface area (Å²) < 4.78 is 6.70. The van der Waals surface area contributed by atoms with E-state index in [1.165, 1.54) is 37.7 Å². The number of carbonyl (C=O) groups is 2. The molecule has 1 aromatic heterocycles. The third-order valence-electron chi connectivity index (χ3n) is 7.13. The number of aromatic nitrogens is 2. The summed E-state index contributed by atoms with van der Waals surface area (Å²) in [6, 6.07) is 6.55. The van der Waals surface area contributed by atoms with Crippen molar-refractivity contribution in [3.05, 3.63) is 29.5 Å². The average molecular weight is 396 g/mol. The topological polar surface area (TPSA) is 90.5 Å². The summed E-state index contributed by atoms with van der Waals surface area (Å²) in [5, 5.41) is 5.42. The minimum Gasteiger partial charge on any atom is -0.371 e. The van der Waals surface area contributed by atoms with E-state index >= 15 is 0 Å². The molecule has 1 atom stereocenters. The van der Waals surface area contributed by atoms with E-state index in [0.717, 1.165) is 43.4 Å². The Morgan fingerprint density at radius 2 is 1.83 bits per heavy atom. The standard InChI is InChI=1S/C22H28N4O3/c23-22(28)29-21(27)20-17-7-6-16(14-4-2-1-3-5-14)12-18(17)26(24-20)19-13-25-10-8-15(19)9-11-25/h6-7,12,14-15,19H,1-5,8-11,13H2,(H2,23,28)/t19-/m1/s1. The number of esters is 1. The van der Waals surface area contributed by atoms with Gasteiger partial charge in [-0.3, -0.25) is 4.68 Å². The number of hydrogen-bond acceptors (Lipinski definition) is 5. The Labute approximate surface area is 170 Å². The van der Waals surface area contributed by atoms with Gasteiger partial charge < -0.3 is 15.4 Å². The largest absolute Gasteiger partial charge is 0.412 e. The van der Waals surface area contributed by atoms with Gasteiger partial charge in [0, 0.05) is 11.9 Å². The van der Waals surface area contributed by atoms with Crippen LogP contribution in [0.25, 0.3) is 10.9 Å². The Hall–Kier alpha value is -2.41. The van der Waals surface area contributed by atoms with Crippen LogP contribution in [-0.2, 0) is 4.74 Å². The Kier molecular flexibility index (Phi) is 4.78. The van der Waals surface area contributed by atoms with Gasteiger partial charge in [-0.2, -0.15) is 5.10 Å². The molecule has 1 saturated carbocycles. The lowest BCUT2D eigenvalue weighted by Crippen LogP contribution is -2.48. The smallest absolute Gasteiger partial charge is 0.371 e. The van der Waals surface area contributed by atoms with Crippen molar-refractivity contribution >= 4 is 23.0 Å². The SMILES string of the molecule is NC(=O)OC(=O)c1nn([C@@H]2CN3CCC2CC3)c2cc(C3CCCCC3)ccc12. The van der Waals surface area contributed by atoms with Crippen molar-refractivity contribution in [1.82, 2.24) is 14.7 Å². The molecule has 154 valence electrons. The lowest BCUT2D eigenvalue weighted by molar-refractivity contribution is 0.0518. The van der Waals surface area contributed by atoms with E-state index in [-0.39, 0.29) is 11.7 Å². The van der Waals surface area contributed by atoms with Gasteiger partial charge in [0.2, 0.25) is 0 Å². The van der Waals surface area contributed by atoms with Crippen molar-refractivity contribution in [3.8, 4) is 0 Å². The molecule has 2 N–H and O–H groups in total. The number of rotatable bonds is 3. The number of amides is 1. The molecule has 4 heterocycles. The molecule has 4 fully saturated rings. The minimum absolute atomic E-state index is 0.186. The van der Waals surface area contributed by atoms with Crippen molar-refractivity contribution in [2.75, 3.05) is 19.6 Å². The van der Waals surface area contributed by atoms with Gasteiger partial charge in [0.1, 0.15) is 0 Å². The fourth-order valence-electron chi connectivity index (χ4n) is 5.60. The molecular weight excluding hydrogens is 368 g/mol. The zero-order valence-electron chi connectivity index (χ0n) is 16.7. The van der Waals surface area contributed by atoms with Crippen molar-refractivity contribution in [2.24, 2.45) is 11.7 Å². The molecular formula is C22H28N4O3. The van der Waals surface area contributed by atoms with Crippen LogP contribution in [0.2, 0.25) is 0 Å². The third kappa shape index (κ3) is 3.41. The van der Waals surface area contributed by atoms with Gasteiger partial charge in [-0.25, -0.2) is 9.59 Å². The Morgan fingerprint density at radius 1 is 1.07 bits per heavy atom. The van der Waals surface area contributed by atoms with Crippen LogP contribution >= 0.6 is 0 Å². The summed E-state index contributed by atoms with van der Waals surface area (Å²) in [7, 11) is 0. The van der Waals surface area contributed by atoms with Gasteiger partial charge in [-0.15, -0.1) is 0 Å². The van der Waals surface area contributed by atoms with Crippen molar-refractivity contribution in [2.45, 2.75) is 56.9 Å². The first-order valence-electron chi connectivity index (χ1n) is 10.9. The predicted octanol–water partition coefficient (Wildman–Crippen LogP) is 3.59. The molecule has 1 aromatic carbocycles. The van der Waals surface area contributed by atoms with E-state index in [2.05, 4.69) is 26.9 Å². The highest BCUT2D eigenvalue weighted by atomic mass is 16.6. The van der Waals surface area contributed by atoms with E-state index < -0.39 is 12.1 Å². The number of nitrogens with zero attached hydrogens (tertiary/aromatic N) is 3. The molecule has 7 nitrogen and oxygen atoms in total. The highest BCUT2D eigenvalue weighted by Crippen LogP contribution is 2.39. The monoisotopic (exact) mass is 396 g/mol. The highest BCUT2D eigenvalue weighted by molar-refractivity contribution is 6.05. The number of benzene rings is 1. The summed E-state index contributed by atoms with van der Waals surface area (Å²) in [5.74, 6) is 0.374. The maximum atomic E-state index is 12.5. The lowest BCUT2D eigenvalue weighted by atomic mass is 9.83. The van der Waals surface area contributed by atoms with E-state index in [9.17, 15) is 9.59 Å². The third-order valence-corrected chi connectivity index (χ3v) is 7.13. The van der Waals surface area contributed by atoms with Crippen LogP contribution in [0.1, 0.15) is 73.0 Å². The molecule has 2 bridgehead atoms. The average Bonchev–Trinajstić information content (AvgIpc) is 3.13. The number of piperidine rings is 3. The van der Waals surface area contributed by atoms with Gasteiger partial charge in [0.05, 0.1) is 11.6 Å². The molecule has 3 aliphatic heterocycles. The van der Waals surface area contributed by atoms with Gasteiger partial charge in [0.15, 0.2) is 5.69 Å². The second-order valence-corrected chi connectivity index (χ2v) is 8.82. The number of carbonyl (C=O) groups excluding carboxylic acids is 2. The van der Waals surface area contributed by atoms with E-state index in [1.807, 2.05) is 10.7 Å². The molecule has 29 heavy (non-hydrogen) atoms. The Bertz CT molecular complexity index is 939. The molecule has 6 rings (SSSR count). The summed E-state index contributed by atoms with van der Waals surface area (Å²) in [4.78, 5) is 26.1. The summed E-state index contributed by atoms with van der Waals surface area (Å²) in [6.45, 7) is 3.24. The first kappa shape index (κ1) is 18.6. The first-order chi connectivity index (χ1) is 14.1. The first-order valence-corrected chi connectivity index (χ1v) is 10.9. The molecule has 1 aliphatic carbocycles. The fourth-order valence-corrected chi connectivity index (χ4v) is 5.60. The van der Waals surface area contributed by atoms with Crippen LogP contribution in [-0.4, -0.2) is 46.4 Å². The maximum absolute atomic E-state index is 12.5. The van der Waals surface area contributed by atoms with Crippen LogP contribution in [0, 0.1) is 5.92 Å². The molecule has 0 unspecified atom stereocenters. The van der Waals surface area contributed by atoms with Crippen LogP contribution in [0.3, 0.4) is 0 Å². The van der Waals surface area contributed by atoms with Crippen LogP contribution in [0.15, 0.2) is 18.2 Å². The van der Waals surface area contributed by atoms with E-state index in [1.54, 1.807) is 0 Å². The molecule has 4 aliphatic rings. The molecule has 3 saturated heterocycles. The van der Waals surface area contributed by atoms with E-state index in [4.69, 9.17) is 5.73 Å². The molecule has 0 spiro atoms. The van der Waals surface area contributed by atoms with Crippen LogP contribution in [0.4, 0.5) is 4.79 Å². The second-order valence-electron chi connectivity index (χ2n) is 8.82. The maximum Gasteiger partial charge on any atom is 0.412 e. The Balaban J connectivity index is 1.59. The normalized spacial score (nSPS) is 27.2. The summed E-state index contributed by atoms with van der Waals surface area (Å²) in [5.41, 5.74) is 7.56. The van der Waals surface area contributed by atoms with Crippen LogP contribution < -0.4 is 5.73 Å². The van der Waals surface area contributed by atoms with Gasteiger partial charge in [-0.05, 0) is 62.2 Å². The molecule has 7 heteroatoms. The highest BCUT2D eigenvalue weighted by Gasteiger charge is 2.37. The predicted molar refractivity (Wildman–Crippen MR) is 109 cm³/mol. The molecule has 0 radical (unpaired) electrons. The van der Waals surface area contributed by atoms with Gasteiger partial charge in [-0.1, -0.05) is 31.4 Å². The zero-order valence-corrected chi connectivity index (χ0v) is 16.7. The fraction of sp³-hybridized carbons (Fsp3) is 0.591. The number of fused-ring (bicyclic) bond motifs is 4. The number of ether oxygens (including phenoxy) is 1. The number of hydrogen-bond donors (Lipinski definition) is 1. The van der Waals surface area contributed by atoms with Crippen molar-refractivity contribution in [1.29, 1.82) is 0 Å². The van der Waals surface area contributed by atoms with E-state index in [0.29, 0.717) is 11.8 Å². The molecule has 2 aromatic rings. The lowest BCUT2D eigenvalue weighted by Gasteiger charge is -2.44. The van der Waals surface area contributed by atoms with Crippen LogP contribution in [0.5, 0.6) is 0 Å². The van der Waals surface area contributed by atoms with Crippen molar-refractivity contribution in [3.63, 3.8) is 0 Å². The molecule has 1 amide bonds.